The molecule has 2 atom stereocenters. The van der Waals surface area contributed by atoms with Crippen LogP contribution in [0.25, 0.3) is 0 Å². The number of carbonyl (C=O) groups excluding carboxylic acids is 1. The third-order valence-electron chi connectivity index (χ3n) is 4.07. The van der Waals surface area contributed by atoms with E-state index in [2.05, 4.69) is 11.9 Å². The molecule has 2 N–H and O–H groups in total. The zero-order chi connectivity index (χ0) is 19.8. The topological polar surface area (TPSA) is 42.8 Å². The van der Waals surface area contributed by atoms with Crippen LogP contribution in [0.4, 0.5) is 8.78 Å². The molecule has 0 radical (unpaired) electrons. The third-order valence-corrected chi connectivity index (χ3v) is 4.07. The molecule has 0 saturated carbocycles. The fourth-order valence-corrected chi connectivity index (χ4v) is 2.77. The minimum atomic E-state index is -0.665. The van der Waals surface area contributed by atoms with Gasteiger partial charge in [0.05, 0.1) is 13.1 Å². The van der Waals surface area contributed by atoms with E-state index in [4.69, 9.17) is 4.74 Å². The average molecular weight is 375 g/mol. The number of benzene rings is 2. The maximum absolute atomic E-state index is 13.8. The highest BCUT2D eigenvalue weighted by Gasteiger charge is 2.17. The van der Waals surface area contributed by atoms with Crippen molar-refractivity contribution in [3.8, 4) is 5.75 Å². The lowest BCUT2D eigenvalue weighted by molar-refractivity contribution is -0.885. The van der Waals surface area contributed by atoms with Crippen LogP contribution in [0.3, 0.4) is 0 Å². The maximum Gasteiger partial charge on any atom is 0.275 e. The van der Waals surface area contributed by atoms with E-state index in [1.165, 1.54) is 12.1 Å². The number of nitrogens with one attached hydrogen (secondary N) is 2. The summed E-state index contributed by atoms with van der Waals surface area (Å²) in [4.78, 5) is 13.2. The standard InChI is InChI=1S/C21H24F2N2O2/c1-4-11-27-18-8-5-16(6-9-18)13-25(3)14-21(26)24-15(2)19-10-7-17(22)12-20(19)23/h4-10,12,15H,1,11,13-14H2,2-3H3,(H,24,26)/p+1/t15-/m1/s1. The first-order chi connectivity index (χ1) is 12.9. The molecule has 0 aliphatic rings. The predicted octanol–water partition coefficient (Wildman–Crippen LogP) is 2.42. The van der Waals surface area contributed by atoms with Crippen LogP contribution < -0.4 is 15.0 Å². The molecule has 6 heteroatoms. The number of rotatable bonds is 9. The highest BCUT2D eigenvalue weighted by molar-refractivity contribution is 5.77. The summed E-state index contributed by atoms with van der Waals surface area (Å²) in [5.41, 5.74) is 1.33. The van der Waals surface area contributed by atoms with Crippen molar-refractivity contribution in [2.24, 2.45) is 0 Å². The van der Waals surface area contributed by atoms with Gasteiger partial charge in [0.1, 0.15) is 30.5 Å². The second-order valence-electron chi connectivity index (χ2n) is 6.51. The summed E-state index contributed by atoms with van der Waals surface area (Å²) >= 11 is 0. The van der Waals surface area contributed by atoms with Crippen molar-refractivity contribution in [1.82, 2.24) is 5.32 Å². The number of hydrogen-bond acceptors (Lipinski definition) is 2. The van der Waals surface area contributed by atoms with Crippen LogP contribution in [0, 0.1) is 11.6 Å². The second-order valence-corrected chi connectivity index (χ2v) is 6.51. The minimum Gasteiger partial charge on any atom is -0.490 e. The van der Waals surface area contributed by atoms with E-state index in [0.717, 1.165) is 22.3 Å². The SMILES string of the molecule is C=CCOc1ccc(C[NH+](C)CC(=O)N[C@H](C)c2ccc(F)cc2F)cc1. The van der Waals surface area contributed by atoms with Gasteiger partial charge in [-0.2, -0.15) is 0 Å². The Morgan fingerprint density at radius 3 is 2.59 bits per heavy atom. The summed E-state index contributed by atoms with van der Waals surface area (Å²) < 4.78 is 32.2. The monoisotopic (exact) mass is 375 g/mol. The molecule has 0 spiro atoms. The zero-order valence-electron chi connectivity index (χ0n) is 15.6. The van der Waals surface area contributed by atoms with Crippen LogP contribution in [-0.2, 0) is 11.3 Å². The Morgan fingerprint density at radius 1 is 1.26 bits per heavy atom. The van der Waals surface area contributed by atoms with Gasteiger partial charge in [-0.1, -0.05) is 18.7 Å². The van der Waals surface area contributed by atoms with E-state index in [1.807, 2.05) is 31.3 Å². The molecule has 1 amide bonds. The summed E-state index contributed by atoms with van der Waals surface area (Å²) in [6.07, 6.45) is 1.68. The molecule has 4 nitrogen and oxygen atoms in total. The van der Waals surface area contributed by atoms with Crippen LogP contribution in [0.15, 0.2) is 55.1 Å². The van der Waals surface area contributed by atoms with Crippen molar-refractivity contribution in [2.75, 3.05) is 20.2 Å². The number of quaternary nitrogens is 1. The molecule has 0 aliphatic carbocycles. The Bertz CT molecular complexity index is 778. The highest BCUT2D eigenvalue weighted by atomic mass is 19.1. The lowest BCUT2D eigenvalue weighted by Gasteiger charge is -2.18. The molecule has 1 unspecified atom stereocenters. The van der Waals surface area contributed by atoms with Crippen molar-refractivity contribution < 1.29 is 23.2 Å². The second kappa shape index (κ2) is 9.83. The lowest BCUT2D eigenvalue weighted by Crippen LogP contribution is -3.08. The van der Waals surface area contributed by atoms with E-state index in [-0.39, 0.29) is 18.0 Å². The lowest BCUT2D eigenvalue weighted by atomic mass is 10.1. The molecule has 2 aromatic carbocycles. The maximum atomic E-state index is 13.8. The Balaban J connectivity index is 1.84. The Hall–Kier alpha value is -2.73. The number of likely N-dealkylation sites (N-methyl/N-ethyl adjacent to an activating group) is 1. The summed E-state index contributed by atoms with van der Waals surface area (Å²) in [6, 6.07) is 10.5. The molecule has 0 bridgehead atoms. The molecular formula is C21H25F2N2O2+. The number of amides is 1. The summed E-state index contributed by atoms with van der Waals surface area (Å²) in [5.74, 6) is -0.735. The quantitative estimate of drug-likeness (QED) is 0.661. The van der Waals surface area contributed by atoms with Crippen molar-refractivity contribution >= 4 is 5.91 Å². The van der Waals surface area contributed by atoms with E-state index in [9.17, 15) is 13.6 Å². The fourth-order valence-electron chi connectivity index (χ4n) is 2.77. The van der Waals surface area contributed by atoms with Crippen LogP contribution in [0.1, 0.15) is 24.1 Å². The zero-order valence-corrected chi connectivity index (χ0v) is 15.6. The average Bonchev–Trinajstić information content (AvgIpc) is 2.60. The van der Waals surface area contributed by atoms with Gasteiger partial charge in [-0.25, -0.2) is 8.78 Å². The summed E-state index contributed by atoms with van der Waals surface area (Å²) in [7, 11) is 1.91. The molecule has 0 aliphatic heterocycles. The van der Waals surface area contributed by atoms with Gasteiger partial charge in [-0.15, -0.1) is 0 Å². The number of hydrogen-bond donors (Lipinski definition) is 2. The molecule has 2 rings (SSSR count). The van der Waals surface area contributed by atoms with E-state index >= 15 is 0 Å². The van der Waals surface area contributed by atoms with Crippen molar-refractivity contribution in [1.29, 1.82) is 0 Å². The molecular weight excluding hydrogens is 350 g/mol. The molecule has 144 valence electrons. The van der Waals surface area contributed by atoms with Gasteiger partial charge in [0.2, 0.25) is 0 Å². The molecule has 0 saturated heterocycles. The van der Waals surface area contributed by atoms with E-state index in [0.29, 0.717) is 13.2 Å². The summed E-state index contributed by atoms with van der Waals surface area (Å²) in [5, 5.41) is 2.75. The highest BCUT2D eigenvalue weighted by Crippen LogP contribution is 2.17. The van der Waals surface area contributed by atoms with Crippen molar-refractivity contribution in [3.05, 3.63) is 77.9 Å². The van der Waals surface area contributed by atoms with Gasteiger partial charge < -0.3 is 15.0 Å². The molecule has 0 aromatic heterocycles. The van der Waals surface area contributed by atoms with Gasteiger partial charge in [0, 0.05) is 17.2 Å². The van der Waals surface area contributed by atoms with Gasteiger partial charge in [-0.05, 0) is 37.3 Å². The minimum absolute atomic E-state index is 0.199. The number of ether oxygens (including phenoxy) is 1. The number of carbonyl (C=O) groups is 1. The normalized spacial score (nSPS) is 12.9. The van der Waals surface area contributed by atoms with Gasteiger partial charge in [-0.3, -0.25) is 4.79 Å². The van der Waals surface area contributed by atoms with Gasteiger partial charge in [0.25, 0.3) is 5.91 Å². The first-order valence-electron chi connectivity index (χ1n) is 8.77. The Labute approximate surface area is 158 Å². The summed E-state index contributed by atoms with van der Waals surface area (Å²) in [6.45, 7) is 6.63. The van der Waals surface area contributed by atoms with Crippen LogP contribution >= 0.6 is 0 Å². The predicted molar refractivity (Wildman–Crippen MR) is 101 cm³/mol. The van der Waals surface area contributed by atoms with Crippen LogP contribution in [-0.4, -0.2) is 26.1 Å². The molecule has 2 aromatic rings. The van der Waals surface area contributed by atoms with Crippen LogP contribution in [0.5, 0.6) is 5.75 Å². The first-order valence-corrected chi connectivity index (χ1v) is 8.77. The molecule has 0 fully saturated rings. The third kappa shape index (κ3) is 6.49. The largest absolute Gasteiger partial charge is 0.490 e. The van der Waals surface area contributed by atoms with Crippen molar-refractivity contribution in [3.63, 3.8) is 0 Å². The Kier molecular flexibility index (Phi) is 7.49. The van der Waals surface area contributed by atoms with Crippen molar-refractivity contribution in [2.45, 2.75) is 19.5 Å². The van der Waals surface area contributed by atoms with Crippen LogP contribution in [0.2, 0.25) is 0 Å². The van der Waals surface area contributed by atoms with E-state index in [1.54, 1.807) is 13.0 Å². The number of halogens is 2. The fraction of sp³-hybridized carbons (Fsp3) is 0.286. The van der Waals surface area contributed by atoms with E-state index < -0.39 is 17.7 Å². The molecule has 27 heavy (non-hydrogen) atoms. The Morgan fingerprint density at radius 2 is 1.96 bits per heavy atom. The van der Waals surface area contributed by atoms with Gasteiger partial charge in [0.15, 0.2) is 6.54 Å². The first kappa shape index (κ1) is 20.6. The smallest absolute Gasteiger partial charge is 0.275 e. The molecule has 0 heterocycles. The van der Waals surface area contributed by atoms with Gasteiger partial charge >= 0.3 is 0 Å².